The summed E-state index contributed by atoms with van der Waals surface area (Å²) in [7, 11) is 1.53. The fourth-order valence-corrected chi connectivity index (χ4v) is 1.50. The summed E-state index contributed by atoms with van der Waals surface area (Å²) in [5, 5.41) is 10.1. The van der Waals surface area contributed by atoms with Gasteiger partial charge in [0.25, 0.3) is 5.56 Å². The standard InChI is InChI=1S/C13H14N4O4/c1-20-6-7-21-12(19)9-2-4-10(5-3-9)15-13-16-11(18)8-14-17-13/h2-5,8H,6-7H2,1H3,(H2,15,16,17,18). The molecular formula is C13H14N4O4. The predicted molar refractivity (Wildman–Crippen MR) is 74.5 cm³/mol. The summed E-state index contributed by atoms with van der Waals surface area (Å²) >= 11 is 0. The highest BCUT2D eigenvalue weighted by Gasteiger charge is 2.07. The molecule has 1 heterocycles. The highest BCUT2D eigenvalue weighted by Crippen LogP contribution is 2.13. The van der Waals surface area contributed by atoms with Crippen LogP contribution in [-0.4, -0.2) is 41.5 Å². The number of carbonyl (C=O) groups excluding carboxylic acids is 1. The van der Waals surface area contributed by atoms with E-state index in [9.17, 15) is 9.59 Å². The number of methoxy groups -OCH3 is 1. The molecule has 2 aromatic rings. The van der Waals surface area contributed by atoms with Crippen LogP contribution in [0.25, 0.3) is 0 Å². The maximum atomic E-state index is 11.7. The lowest BCUT2D eigenvalue weighted by atomic mass is 10.2. The van der Waals surface area contributed by atoms with E-state index in [1.165, 1.54) is 7.11 Å². The maximum absolute atomic E-state index is 11.7. The van der Waals surface area contributed by atoms with E-state index in [2.05, 4.69) is 20.5 Å². The van der Waals surface area contributed by atoms with Gasteiger partial charge in [-0.2, -0.15) is 0 Å². The fourth-order valence-electron chi connectivity index (χ4n) is 1.50. The summed E-state index contributed by atoms with van der Waals surface area (Å²) in [6.45, 7) is 0.557. The molecule has 2 rings (SSSR count). The molecule has 0 bridgehead atoms. The first-order valence-electron chi connectivity index (χ1n) is 6.14. The number of hydrogen-bond donors (Lipinski definition) is 2. The van der Waals surface area contributed by atoms with E-state index in [-0.39, 0.29) is 18.1 Å². The van der Waals surface area contributed by atoms with Gasteiger partial charge in [0.2, 0.25) is 5.95 Å². The van der Waals surface area contributed by atoms with Gasteiger partial charge in [0.15, 0.2) is 0 Å². The molecule has 0 amide bonds. The molecule has 0 atom stereocenters. The number of aromatic nitrogens is 3. The zero-order valence-corrected chi connectivity index (χ0v) is 11.3. The third kappa shape index (κ3) is 4.39. The molecule has 0 fully saturated rings. The molecule has 0 spiro atoms. The Morgan fingerprint density at radius 3 is 2.71 bits per heavy atom. The number of esters is 1. The summed E-state index contributed by atoms with van der Waals surface area (Å²) in [6.07, 6.45) is 1.07. The number of nitrogens with zero attached hydrogens (tertiary/aromatic N) is 2. The number of benzene rings is 1. The van der Waals surface area contributed by atoms with Gasteiger partial charge in [-0.05, 0) is 24.3 Å². The molecule has 0 aliphatic heterocycles. The molecule has 0 radical (unpaired) electrons. The van der Waals surface area contributed by atoms with Crippen LogP contribution in [0.4, 0.5) is 11.6 Å². The first kappa shape index (κ1) is 14.7. The summed E-state index contributed by atoms with van der Waals surface area (Å²) in [6, 6.07) is 6.54. The van der Waals surface area contributed by atoms with Gasteiger partial charge in [-0.15, -0.1) is 10.2 Å². The van der Waals surface area contributed by atoms with Crippen molar-refractivity contribution in [1.29, 1.82) is 0 Å². The van der Waals surface area contributed by atoms with Crippen LogP contribution < -0.4 is 10.9 Å². The topological polar surface area (TPSA) is 106 Å². The molecule has 0 aliphatic carbocycles. The molecule has 0 unspecified atom stereocenters. The molecule has 2 N–H and O–H groups in total. The highest BCUT2D eigenvalue weighted by molar-refractivity contribution is 5.89. The van der Waals surface area contributed by atoms with Crippen molar-refractivity contribution in [2.45, 2.75) is 0 Å². The van der Waals surface area contributed by atoms with Crippen LogP contribution in [0.2, 0.25) is 0 Å². The predicted octanol–water partition coefficient (Wildman–Crippen LogP) is 0.712. The van der Waals surface area contributed by atoms with Crippen molar-refractivity contribution in [3.63, 3.8) is 0 Å². The number of nitrogens with one attached hydrogen (secondary N) is 2. The van der Waals surface area contributed by atoms with Gasteiger partial charge in [0, 0.05) is 12.8 Å². The van der Waals surface area contributed by atoms with Crippen molar-refractivity contribution in [3.05, 3.63) is 46.4 Å². The number of ether oxygens (including phenoxy) is 2. The number of rotatable bonds is 6. The van der Waals surface area contributed by atoms with E-state index in [1.54, 1.807) is 24.3 Å². The molecule has 1 aromatic carbocycles. The quantitative estimate of drug-likeness (QED) is 0.596. The monoisotopic (exact) mass is 290 g/mol. The zero-order chi connectivity index (χ0) is 15.1. The van der Waals surface area contributed by atoms with Crippen LogP contribution in [0, 0.1) is 0 Å². The van der Waals surface area contributed by atoms with Crippen molar-refractivity contribution in [2.75, 3.05) is 25.6 Å². The fraction of sp³-hybridized carbons (Fsp3) is 0.231. The lowest BCUT2D eigenvalue weighted by Crippen LogP contribution is -2.11. The number of aromatic amines is 1. The van der Waals surface area contributed by atoms with E-state index < -0.39 is 5.97 Å². The van der Waals surface area contributed by atoms with Gasteiger partial charge in [-0.3, -0.25) is 9.78 Å². The average Bonchev–Trinajstić information content (AvgIpc) is 2.48. The van der Waals surface area contributed by atoms with Gasteiger partial charge in [0.1, 0.15) is 12.8 Å². The van der Waals surface area contributed by atoms with E-state index in [1.807, 2.05) is 0 Å². The summed E-state index contributed by atoms with van der Waals surface area (Å²) in [5.41, 5.74) is 0.717. The van der Waals surface area contributed by atoms with E-state index in [4.69, 9.17) is 9.47 Å². The van der Waals surface area contributed by atoms with E-state index in [0.29, 0.717) is 17.9 Å². The Morgan fingerprint density at radius 2 is 2.05 bits per heavy atom. The van der Waals surface area contributed by atoms with E-state index in [0.717, 1.165) is 6.20 Å². The minimum Gasteiger partial charge on any atom is -0.460 e. The second kappa shape index (κ2) is 7.15. The number of anilines is 2. The average molecular weight is 290 g/mol. The summed E-state index contributed by atoms with van der Waals surface area (Å²) < 4.78 is 9.78. The smallest absolute Gasteiger partial charge is 0.338 e. The normalized spacial score (nSPS) is 10.1. The molecule has 0 saturated carbocycles. The first-order valence-corrected chi connectivity index (χ1v) is 6.14. The number of carbonyl (C=O) groups is 1. The van der Waals surface area contributed by atoms with Crippen molar-refractivity contribution in [2.24, 2.45) is 0 Å². The van der Waals surface area contributed by atoms with Crippen molar-refractivity contribution >= 4 is 17.6 Å². The highest BCUT2D eigenvalue weighted by atomic mass is 16.6. The van der Waals surface area contributed by atoms with Crippen LogP contribution in [0.15, 0.2) is 35.3 Å². The summed E-state index contributed by atoms with van der Waals surface area (Å²) in [5.74, 6) is -0.204. The van der Waals surface area contributed by atoms with Crippen LogP contribution in [0.3, 0.4) is 0 Å². The van der Waals surface area contributed by atoms with Crippen LogP contribution >= 0.6 is 0 Å². The van der Waals surface area contributed by atoms with Gasteiger partial charge in [-0.25, -0.2) is 4.79 Å². The van der Waals surface area contributed by atoms with Gasteiger partial charge in [-0.1, -0.05) is 0 Å². The lowest BCUT2D eigenvalue weighted by molar-refractivity contribution is 0.0388. The molecule has 0 saturated heterocycles. The van der Waals surface area contributed by atoms with Crippen LogP contribution in [0.5, 0.6) is 0 Å². The Balaban J connectivity index is 1.98. The number of hydrogen-bond acceptors (Lipinski definition) is 7. The van der Waals surface area contributed by atoms with Crippen LogP contribution in [0.1, 0.15) is 10.4 Å². The van der Waals surface area contributed by atoms with Gasteiger partial charge in [0.05, 0.1) is 12.2 Å². The van der Waals surface area contributed by atoms with Gasteiger partial charge < -0.3 is 14.8 Å². The van der Waals surface area contributed by atoms with Crippen molar-refractivity contribution in [3.8, 4) is 0 Å². The first-order chi connectivity index (χ1) is 10.2. The Morgan fingerprint density at radius 1 is 1.29 bits per heavy atom. The third-order valence-corrected chi connectivity index (χ3v) is 2.48. The molecule has 8 heteroatoms. The minimum absolute atomic E-state index is 0.205. The SMILES string of the molecule is COCCOC(=O)c1ccc(Nc2nncc(=O)[nH]2)cc1. The van der Waals surface area contributed by atoms with Crippen LogP contribution in [-0.2, 0) is 9.47 Å². The molecule has 21 heavy (non-hydrogen) atoms. The Labute approximate surface area is 120 Å². The van der Waals surface area contributed by atoms with E-state index >= 15 is 0 Å². The lowest BCUT2D eigenvalue weighted by Gasteiger charge is -2.06. The minimum atomic E-state index is -0.425. The van der Waals surface area contributed by atoms with Crippen molar-refractivity contribution in [1.82, 2.24) is 15.2 Å². The molecule has 110 valence electrons. The Hall–Kier alpha value is -2.74. The third-order valence-electron chi connectivity index (χ3n) is 2.48. The second-order valence-corrected chi connectivity index (χ2v) is 4.01. The Kier molecular flexibility index (Phi) is 4.99. The van der Waals surface area contributed by atoms with Crippen molar-refractivity contribution < 1.29 is 14.3 Å². The second-order valence-electron chi connectivity index (χ2n) is 4.01. The number of H-pyrrole nitrogens is 1. The largest absolute Gasteiger partial charge is 0.460 e. The molecule has 8 nitrogen and oxygen atoms in total. The zero-order valence-electron chi connectivity index (χ0n) is 11.3. The molecule has 0 aliphatic rings. The molecular weight excluding hydrogens is 276 g/mol. The van der Waals surface area contributed by atoms with Gasteiger partial charge >= 0.3 is 5.97 Å². The maximum Gasteiger partial charge on any atom is 0.338 e. The summed E-state index contributed by atoms with van der Waals surface area (Å²) in [4.78, 5) is 25.2. The molecule has 1 aromatic heterocycles. The Bertz CT molecular complexity index is 654.